The number of nitrogens with zero attached hydrogens (tertiary/aromatic N) is 3. The minimum atomic E-state index is -2.31. The molecule has 2 spiro atoms. The van der Waals surface area contributed by atoms with Crippen LogP contribution < -0.4 is 34.7 Å². The summed E-state index contributed by atoms with van der Waals surface area (Å²) >= 11 is 0. The molecular formula is C44H52N4O6Si. The third-order valence-corrected chi connectivity index (χ3v) is 17.3. The highest BCUT2D eigenvalue weighted by atomic mass is 28.3. The Balaban J connectivity index is 1.10. The number of amides is 2. The summed E-state index contributed by atoms with van der Waals surface area (Å²) in [5, 5.41) is 15.0. The first-order valence-electron chi connectivity index (χ1n) is 19.5. The first kappa shape index (κ1) is 37.3. The van der Waals surface area contributed by atoms with Crippen molar-refractivity contribution in [3.8, 4) is 11.5 Å². The zero-order chi connectivity index (χ0) is 38.5. The van der Waals surface area contributed by atoms with Crippen LogP contribution in [0.4, 0.5) is 17.1 Å². The maximum Gasteiger partial charge on any atom is 0.264 e. The van der Waals surface area contributed by atoms with E-state index in [9.17, 15) is 9.90 Å². The molecule has 4 atom stereocenters. The third kappa shape index (κ3) is 5.94. The van der Waals surface area contributed by atoms with Gasteiger partial charge >= 0.3 is 0 Å². The number of piperidine rings is 1. The van der Waals surface area contributed by atoms with Gasteiger partial charge in [-0.25, -0.2) is 0 Å². The van der Waals surface area contributed by atoms with Crippen molar-refractivity contribution < 1.29 is 28.9 Å². The van der Waals surface area contributed by atoms with Gasteiger partial charge < -0.3 is 34.4 Å². The van der Waals surface area contributed by atoms with Gasteiger partial charge in [-0.3, -0.25) is 14.5 Å². The van der Waals surface area contributed by atoms with Crippen LogP contribution in [-0.4, -0.2) is 77.2 Å². The summed E-state index contributed by atoms with van der Waals surface area (Å²) in [5.74, 6) is 1.31. The number of ether oxygens (including phenoxy) is 3. The molecule has 4 aromatic rings. The van der Waals surface area contributed by atoms with Crippen LogP contribution in [-0.2, 0) is 26.5 Å². The SMILES string of the molecule is COc1ccc([Si](C)(C)[C@H]2[C@H](CCO)O[C@@]3(C(=O)N(Cc4ccc(N5CN(c6ccccc6)C6(CCNCC6)C5=O)cc4)c4ccc(OC)cc43)[C@@H]2C)cc1. The molecule has 0 unspecified atom stereocenters. The van der Waals surface area contributed by atoms with E-state index in [0.717, 1.165) is 59.9 Å². The molecule has 3 saturated heterocycles. The third-order valence-electron chi connectivity index (χ3n) is 13.0. The molecule has 2 N–H and O–H groups in total. The van der Waals surface area contributed by atoms with E-state index in [1.165, 1.54) is 5.19 Å². The maximum absolute atomic E-state index is 15.1. The number of hydrogen-bond donors (Lipinski definition) is 2. The molecule has 4 aliphatic rings. The normalized spacial score (nSPS) is 24.6. The average molecular weight is 761 g/mol. The lowest BCUT2D eigenvalue weighted by atomic mass is 9.82. The molecule has 3 fully saturated rings. The standard InChI is InChI=1S/C44H52N4O6Si/c1-30-40(55(4,5)36-18-15-34(52-2)16-19-36)39(21-26-49)54-44(30)37-27-35(53-3)17-20-38(37)46(42(44)51)28-31-11-13-32(14-12-31)47-29-48(33-9-7-6-8-10-33)43(41(47)50)22-24-45-25-23-43/h6-20,27,30,39-40,45,49H,21-26,28-29H2,1-5H3/t30-,39+,40-,44+/m1/s1. The predicted molar refractivity (Wildman–Crippen MR) is 218 cm³/mol. The lowest BCUT2D eigenvalue weighted by Crippen LogP contribution is -2.55. The van der Waals surface area contributed by atoms with Gasteiger partial charge in [0.05, 0.1) is 47.3 Å². The topological polar surface area (TPSA) is 104 Å². The molecule has 4 aliphatic heterocycles. The summed E-state index contributed by atoms with van der Waals surface area (Å²) in [4.78, 5) is 35.5. The van der Waals surface area contributed by atoms with E-state index in [1.807, 2.05) is 82.6 Å². The monoisotopic (exact) mass is 760 g/mol. The molecule has 0 aromatic heterocycles. The summed E-state index contributed by atoms with van der Waals surface area (Å²) in [6.45, 7) is 9.21. The minimum absolute atomic E-state index is 0.0342. The molecule has 8 rings (SSSR count). The van der Waals surface area contributed by atoms with Crippen molar-refractivity contribution in [2.45, 2.75) is 68.6 Å². The lowest BCUT2D eigenvalue weighted by Gasteiger charge is -2.39. The van der Waals surface area contributed by atoms with Crippen molar-refractivity contribution in [3.63, 3.8) is 0 Å². The van der Waals surface area contributed by atoms with Crippen molar-refractivity contribution in [1.29, 1.82) is 0 Å². The van der Waals surface area contributed by atoms with Gasteiger partial charge in [-0.15, -0.1) is 0 Å². The van der Waals surface area contributed by atoms with Gasteiger partial charge in [-0.05, 0) is 98.1 Å². The molecular weight excluding hydrogens is 709 g/mol. The number of methoxy groups -OCH3 is 2. The fraction of sp³-hybridized carbons (Fsp3) is 0.409. The summed E-state index contributed by atoms with van der Waals surface area (Å²) in [5.41, 5.74) is 2.66. The van der Waals surface area contributed by atoms with Gasteiger partial charge in [-0.2, -0.15) is 0 Å². The van der Waals surface area contributed by atoms with E-state index in [-0.39, 0.29) is 36.0 Å². The Kier molecular flexibility index (Phi) is 9.77. The zero-order valence-electron chi connectivity index (χ0n) is 32.5. The largest absolute Gasteiger partial charge is 0.497 e. The number of aliphatic hydroxyl groups is 1. The van der Waals surface area contributed by atoms with Crippen LogP contribution in [0.2, 0.25) is 18.6 Å². The van der Waals surface area contributed by atoms with Crippen molar-refractivity contribution >= 4 is 42.1 Å². The number of fused-ring (bicyclic) bond motifs is 2. The number of rotatable bonds is 10. The highest BCUT2D eigenvalue weighted by molar-refractivity contribution is 6.91. The lowest BCUT2D eigenvalue weighted by molar-refractivity contribution is -0.146. The van der Waals surface area contributed by atoms with Crippen molar-refractivity contribution in [1.82, 2.24) is 5.32 Å². The molecule has 10 nitrogen and oxygen atoms in total. The number of nitrogens with one attached hydrogen (secondary N) is 1. The van der Waals surface area contributed by atoms with Gasteiger partial charge in [0.25, 0.3) is 11.8 Å². The van der Waals surface area contributed by atoms with Gasteiger partial charge in [0, 0.05) is 29.5 Å². The Hall–Kier alpha value is -4.68. The Bertz CT molecular complexity index is 2040. The summed E-state index contributed by atoms with van der Waals surface area (Å²) in [6, 6.07) is 32.4. The molecule has 55 heavy (non-hydrogen) atoms. The van der Waals surface area contributed by atoms with Gasteiger partial charge in [-0.1, -0.05) is 67.7 Å². The van der Waals surface area contributed by atoms with Crippen molar-refractivity contribution in [2.75, 3.05) is 55.3 Å². The molecule has 2 amide bonds. The zero-order valence-corrected chi connectivity index (χ0v) is 33.5. The minimum Gasteiger partial charge on any atom is -0.497 e. The Labute approximate surface area is 325 Å². The smallest absolute Gasteiger partial charge is 0.264 e. The van der Waals surface area contributed by atoms with Crippen LogP contribution in [0.15, 0.2) is 97.1 Å². The predicted octanol–water partition coefficient (Wildman–Crippen LogP) is 5.78. The van der Waals surface area contributed by atoms with Crippen molar-refractivity contribution in [2.24, 2.45) is 5.92 Å². The van der Waals surface area contributed by atoms with E-state index in [4.69, 9.17) is 14.2 Å². The van der Waals surface area contributed by atoms with Crippen LogP contribution >= 0.6 is 0 Å². The van der Waals surface area contributed by atoms with E-state index < -0.39 is 19.2 Å². The molecule has 0 aliphatic carbocycles. The molecule has 0 radical (unpaired) electrons. The van der Waals surface area contributed by atoms with E-state index in [1.54, 1.807) is 14.2 Å². The second-order valence-corrected chi connectivity index (χ2v) is 20.7. The number of carbonyl (C=O) groups is 2. The Morgan fingerprint density at radius 3 is 2.18 bits per heavy atom. The summed E-state index contributed by atoms with van der Waals surface area (Å²) in [7, 11) is 0.997. The first-order chi connectivity index (χ1) is 26.6. The number of benzene rings is 4. The van der Waals surface area contributed by atoms with E-state index >= 15 is 4.79 Å². The first-order valence-corrected chi connectivity index (χ1v) is 22.5. The van der Waals surface area contributed by atoms with Crippen LogP contribution in [0, 0.1) is 5.92 Å². The molecule has 0 bridgehead atoms. The van der Waals surface area contributed by atoms with Gasteiger partial charge in [0.1, 0.15) is 17.0 Å². The second kappa shape index (κ2) is 14.4. The quantitative estimate of drug-likeness (QED) is 0.196. The van der Waals surface area contributed by atoms with Gasteiger partial charge in [0.15, 0.2) is 5.60 Å². The van der Waals surface area contributed by atoms with Crippen LogP contribution in [0.3, 0.4) is 0 Å². The number of aliphatic hydroxyl groups excluding tert-OH is 1. The summed E-state index contributed by atoms with van der Waals surface area (Å²) in [6.07, 6.45) is 1.62. The van der Waals surface area contributed by atoms with Crippen LogP contribution in [0.25, 0.3) is 0 Å². The highest BCUT2D eigenvalue weighted by Gasteiger charge is 2.66. The van der Waals surface area contributed by atoms with E-state index in [0.29, 0.717) is 25.4 Å². The average Bonchev–Trinajstić information content (AvgIpc) is 3.76. The highest BCUT2D eigenvalue weighted by Crippen LogP contribution is 2.60. The van der Waals surface area contributed by atoms with E-state index in [2.05, 4.69) is 54.5 Å². The second-order valence-electron chi connectivity index (χ2n) is 16.0. The molecule has 11 heteroatoms. The molecule has 4 aromatic carbocycles. The van der Waals surface area contributed by atoms with Crippen LogP contribution in [0.5, 0.6) is 11.5 Å². The number of carbonyl (C=O) groups excluding carboxylic acids is 2. The number of hydrogen-bond acceptors (Lipinski definition) is 8. The fourth-order valence-electron chi connectivity index (χ4n) is 10.1. The maximum atomic E-state index is 15.1. The van der Waals surface area contributed by atoms with Gasteiger partial charge in [0.2, 0.25) is 0 Å². The fourth-order valence-corrected chi connectivity index (χ4v) is 14.2. The number of anilines is 3. The van der Waals surface area contributed by atoms with Crippen molar-refractivity contribution in [3.05, 3.63) is 108 Å². The summed E-state index contributed by atoms with van der Waals surface area (Å²) < 4.78 is 18.2. The molecule has 288 valence electrons. The molecule has 4 heterocycles. The Morgan fingerprint density at radius 2 is 1.53 bits per heavy atom. The van der Waals surface area contributed by atoms with Crippen LogP contribution in [0.1, 0.15) is 37.3 Å². The molecule has 0 saturated carbocycles. The number of para-hydroxylation sites is 1. The Morgan fingerprint density at radius 1 is 0.855 bits per heavy atom.